The van der Waals surface area contributed by atoms with Crippen LogP contribution in [0.2, 0.25) is 0 Å². The fourth-order valence-corrected chi connectivity index (χ4v) is 8.23. The second kappa shape index (κ2) is 48.4. The smallest absolute Gasteiger partial charge is 0.306 e. The van der Waals surface area contributed by atoms with Gasteiger partial charge in [0.2, 0.25) is 5.91 Å². The predicted octanol–water partition coefficient (Wildman–Crippen LogP) is 15.9. The summed E-state index contributed by atoms with van der Waals surface area (Å²) < 4.78 is 5.94. The minimum atomic E-state index is -0.786. The van der Waals surface area contributed by atoms with Crippen LogP contribution in [0.4, 0.5) is 0 Å². The van der Waals surface area contributed by atoms with Crippen LogP contribution in [0.25, 0.3) is 0 Å². The topological polar surface area (TPSA) is 95.9 Å². The first-order chi connectivity index (χ1) is 29.5. The van der Waals surface area contributed by atoms with E-state index in [1.54, 1.807) is 0 Å². The molecule has 0 aliphatic rings. The van der Waals surface area contributed by atoms with Gasteiger partial charge >= 0.3 is 5.97 Å². The molecule has 3 atom stereocenters. The van der Waals surface area contributed by atoms with Gasteiger partial charge in [0.25, 0.3) is 0 Å². The third kappa shape index (κ3) is 43.0. The predicted molar refractivity (Wildman–Crippen MR) is 260 cm³/mol. The van der Waals surface area contributed by atoms with Crippen molar-refractivity contribution < 1.29 is 24.5 Å². The monoisotopic (exact) mass is 846 g/mol. The van der Waals surface area contributed by atoms with Gasteiger partial charge in [0.15, 0.2) is 0 Å². The first-order valence-electron chi connectivity index (χ1n) is 26.6. The van der Waals surface area contributed by atoms with Crippen molar-refractivity contribution in [2.75, 3.05) is 6.61 Å². The van der Waals surface area contributed by atoms with Gasteiger partial charge in [-0.3, -0.25) is 9.59 Å². The maximum atomic E-state index is 13.2. The van der Waals surface area contributed by atoms with Gasteiger partial charge in [-0.2, -0.15) is 0 Å². The van der Waals surface area contributed by atoms with Crippen LogP contribution in [0, 0.1) is 0 Å². The first kappa shape index (κ1) is 58.3. The number of carbonyl (C=O) groups excluding carboxylic acids is 2. The lowest BCUT2D eigenvalue weighted by atomic mass is 10.0. The summed E-state index contributed by atoms with van der Waals surface area (Å²) in [6, 6.07) is -0.700. The van der Waals surface area contributed by atoms with Crippen LogP contribution in [0.15, 0.2) is 24.3 Å². The number of allylic oxidation sites excluding steroid dienone is 4. The number of hydrogen-bond donors (Lipinski definition) is 3. The van der Waals surface area contributed by atoms with E-state index in [2.05, 4.69) is 50.4 Å². The van der Waals surface area contributed by atoms with Gasteiger partial charge in [-0.05, 0) is 57.8 Å². The maximum absolute atomic E-state index is 13.2. The van der Waals surface area contributed by atoms with Crippen LogP contribution in [-0.4, -0.2) is 46.9 Å². The third-order valence-corrected chi connectivity index (χ3v) is 12.3. The summed E-state index contributed by atoms with van der Waals surface area (Å²) >= 11 is 0. The molecule has 0 bridgehead atoms. The van der Waals surface area contributed by atoms with Crippen LogP contribution in [-0.2, 0) is 14.3 Å². The van der Waals surface area contributed by atoms with Crippen LogP contribution in [0.5, 0.6) is 0 Å². The van der Waals surface area contributed by atoms with Crippen LogP contribution < -0.4 is 5.32 Å². The lowest BCUT2D eigenvalue weighted by molar-refractivity contribution is -0.151. The highest BCUT2D eigenvalue weighted by Crippen LogP contribution is 2.18. The lowest BCUT2D eigenvalue weighted by Gasteiger charge is -2.24. The van der Waals surface area contributed by atoms with E-state index in [1.165, 1.54) is 167 Å². The molecule has 6 heteroatoms. The molecule has 3 N–H and O–H groups in total. The van der Waals surface area contributed by atoms with Gasteiger partial charge in [0.1, 0.15) is 6.10 Å². The van der Waals surface area contributed by atoms with Gasteiger partial charge in [0.05, 0.1) is 25.2 Å². The largest absolute Gasteiger partial charge is 0.462 e. The van der Waals surface area contributed by atoms with Crippen LogP contribution in [0.1, 0.15) is 284 Å². The highest BCUT2D eigenvalue weighted by molar-refractivity contribution is 5.77. The van der Waals surface area contributed by atoms with Crippen molar-refractivity contribution in [1.29, 1.82) is 0 Å². The van der Waals surface area contributed by atoms with Crippen molar-refractivity contribution in [3.63, 3.8) is 0 Å². The molecule has 0 spiro atoms. The Bertz CT molecular complexity index is 950. The van der Waals surface area contributed by atoms with Crippen LogP contribution in [0.3, 0.4) is 0 Å². The second-order valence-electron chi connectivity index (χ2n) is 18.3. The third-order valence-electron chi connectivity index (χ3n) is 12.3. The molecule has 0 aliphatic carbocycles. The Balaban J connectivity index is 4.53. The van der Waals surface area contributed by atoms with Crippen molar-refractivity contribution >= 4 is 11.9 Å². The molecule has 0 radical (unpaired) electrons. The number of carbonyl (C=O) groups is 2. The second-order valence-corrected chi connectivity index (χ2v) is 18.3. The Kier molecular flexibility index (Phi) is 47.0. The molecule has 0 heterocycles. The minimum Gasteiger partial charge on any atom is -0.462 e. The van der Waals surface area contributed by atoms with Gasteiger partial charge < -0.3 is 20.3 Å². The molecule has 0 saturated heterocycles. The zero-order valence-electron chi connectivity index (χ0n) is 40.4. The van der Waals surface area contributed by atoms with E-state index in [0.717, 1.165) is 70.6 Å². The Labute approximate surface area is 373 Å². The number of esters is 1. The molecule has 60 heavy (non-hydrogen) atoms. The lowest BCUT2D eigenvalue weighted by Crippen LogP contribution is -2.46. The number of nitrogens with one attached hydrogen (secondary N) is 1. The van der Waals surface area contributed by atoms with E-state index >= 15 is 0 Å². The Morgan fingerprint density at radius 2 is 0.850 bits per heavy atom. The molecule has 0 aliphatic heterocycles. The number of ether oxygens (including phenoxy) is 1. The zero-order valence-corrected chi connectivity index (χ0v) is 40.4. The summed E-state index contributed by atoms with van der Waals surface area (Å²) in [6.07, 6.45) is 55.3. The number of hydrogen-bond acceptors (Lipinski definition) is 5. The Morgan fingerprint density at radius 3 is 1.30 bits per heavy atom. The van der Waals surface area contributed by atoms with E-state index in [0.29, 0.717) is 19.3 Å². The van der Waals surface area contributed by atoms with Crippen molar-refractivity contribution in [3.8, 4) is 0 Å². The van der Waals surface area contributed by atoms with Gasteiger partial charge in [-0.15, -0.1) is 0 Å². The fourth-order valence-electron chi connectivity index (χ4n) is 8.23. The number of amides is 1. The molecule has 0 aromatic rings. The Hall–Kier alpha value is -1.66. The number of aliphatic hydroxyl groups is 2. The molecular formula is C54H103NO5. The van der Waals surface area contributed by atoms with E-state index < -0.39 is 18.2 Å². The molecule has 3 unspecified atom stereocenters. The minimum absolute atomic E-state index is 0.0733. The average molecular weight is 846 g/mol. The van der Waals surface area contributed by atoms with Crippen molar-refractivity contribution in [1.82, 2.24) is 5.32 Å². The van der Waals surface area contributed by atoms with Crippen molar-refractivity contribution in [2.24, 2.45) is 0 Å². The first-order valence-corrected chi connectivity index (χ1v) is 26.6. The number of aliphatic hydroxyl groups excluding tert-OH is 2. The van der Waals surface area contributed by atoms with Crippen molar-refractivity contribution in [2.45, 2.75) is 302 Å². The summed E-state index contributed by atoms with van der Waals surface area (Å²) in [6.45, 7) is 6.46. The summed E-state index contributed by atoms with van der Waals surface area (Å²) in [7, 11) is 0. The molecule has 0 fully saturated rings. The quantitative estimate of drug-likeness (QED) is 0.0322. The molecule has 354 valence electrons. The number of unbranched alkanes of at least 4 members (excludes halogenated alkanes) is 32. The zero-order chi connectivity index (χ0) is 43.8. The molecule has 0 rings (SSSR count). The van der Waals surface area contributed by atoms with Gasteiger partial charge in [-0.1, -0.05) is 238 Å². The van der Waals surface area contributed by atoms with E-state index in [9.17, 15) is 19.8 Å². The van der Waals surface area contributed by atoms with E-state index in [4.69, 9.17) is 4.74 Å². The summed E-state index contributed by atoms with van der Waals surface area (Å²) in [5.74, 6) is -0.473. The molecule has 0 aromatic carbocycles. The highest BCUT2D eigenvalue weighted by atomic mass is 16.5. The highest BCUT2D eigenvalue weighted by Gasteiger charge is 2.24. The normalized spacial score (nSPS) is 13.3. The molecular weight excluding hydrogens is 743 g/mol. The van der Waals surface area contributed by atoms with E-state index in [-0.39, 0.29) is 24.9 Å². The molecule has 0 aromatic heterocycles. The molecule has 1 amide bonds. The maximum Gasteiger partial charge on any atom is 0.306 e. The summed E-state index contributed by atoms with van der Waals surface area (Å²) in [5, 5.41) is 23.7. The SMILES string of the molecule is CCCCC/C=C\C/C=C\CCCCCCCC(CC(=O)NC(CO)C(O)CCCCCCCCCCC)OC(=O)CCCCCCCCCCCCCCCCCCC. The fraction of sp³-hybridized carbons (Fsp3) is 0.889. The van der Waals surface area contributed by atoms with Crippen molar-refractivity contribution in [3.05, 3.63) is 24.3 Å². The Morgan fingerprint density at radius 1 is 0.483 bits per heavy atom. The van der Waals surface area contributed by atoms with Gasteiger partial charge in [0, 0.05) is 6.42 Å². The summed E-state index contributed by atoms with van der Waals surface area (Å²) in [5.41, 5.74) is 0. The average Bonchev–Trinajstić information content (AvgIpc) is 3.24. The van der Waals surface area contributed by atoms with E-state index in [1.807, 2.05) is 0 Å². The summed E-state index contributed by atoms with van der Waals surface area (Å²) in [4.78, 5) is 26.1. The van der Waals surface area contributed by atoms with Crippen LogP contribution >= 0.6 is 0 Å². The molecule has 6 nitrogen and oxygen atoms in total. The van der Waals surface area contributed by atoms with Gasteiger partial charge in [-0.25, -0.2) is 0 Å². The number of rotatable bonds is 48. The molecule has 0 saturated carbocycles. The standard InChI is InChI=1S/C54H103NO5/c1-4-7-10-13-16-19-21-23-25-26-28-30-32-35-38-41-44-47-54(59)60-50(45-42-39-36-34-31-29-27-24-22-20-17-14-11-8-5-2)48-53(58)55-51(49-56)52(57)46-43-40-37-33-18-15-12-9-6-3/h17,20,24,27,50-52,56-57H,4-16,18-19,21-23,25-26,28-49H2,1-3H3,(H,55,58)/b20-17-,27-24-.